The highest BCUT2D eigenvalue weighted by Crippen LogP contribution is 2.41. The zero-order chi connectivity index (χ0) is 18.0. The van der Waals surface area contributed by atoms with Gasteiger partial charge >= 0.3 is 0 Å². The number of aromatic nitrogens is 2. The third-order valence-electron chi connectivity index (χ3n) is 3.25. The molecule has 1 aromatic carbocycles. The van der Waals surface area contributed by atoms with Crippen LogP contribution in [0.1, 0.15) is 6.92 Å². The van der Waals surface area contributed by atoms with E-state index in [1.165, 1.54) is 18.3 Å². The van der Waals surface area contributed by atoms with Gasteiger partial charge in [0.25, 0.3) is 11.1 Å². The highest BCUT2D eigenvalue weighted by atomic mass is 35.5. The number of rotatable bonds is 5. The number of nitriles is 1. The van der Waals surface area contributed by atoms with E-state index in [0.29, 0.717) is 15.8 Å². The van der Waals surface area contributed by atoms with Gasteiger partial charge in [0.05, 0.1) is 10.8 Å². The first kappa shape index (κ1) is 17.5. The van der Waals surface area contributed by atoms with E-state index < -0.39 is 0 Å². The lowest BCUT2D eigenvalue weighted by Gasteiger charge is -1.98. The molecule has 0 aliphatic rings. The molecular weight excluding hydrogens is 380 g/mol. The van der Waals surface area contributed by atoms with Crippen molar-refractivity contribution in [1.29, 1.82) is 5.26 Å². The van der Waals surface area contributed by atoms with Gasteiger partial charge in [-0.25, -0.2) is 0 Å². The van der Waals surface area contributed by atoms with Crippen molar-refractivity contribution in [3.63, 3.8) is 0 Å². The van der Waals surface area contributed by atoms with E-state index in [9.17, 15) is 4.79 Å². The minimum atomic E-state index is -0.382. The van der Waals surface area contributed by atoms with E-state index in [-0.39, 0.29) is 28.0 Å². The standard InChI is InChI=1S/C16H11ClN4O2S2/c1-8(19)10(6-18)11(22)7-24-16-21-20-15(23-16)14-13(17)9-4-2-3-5-12(9)25-14/h2-5H,7,19H2,1H3/b10-8-. The minimum Gasteiger partial charge on any atom is -0.410 e. The van der Waals surface area contributed by atoms with Crippen molar-refractivity contribution >= 4 is 50.6 Å². The van der Waals surface area contributed by atoms with Crippen molar-refractivity contribution < 1.29 is 9.21 Å². The molecule has 6 nitrogen and oxygen atoms in total. The number of fused-ring (bicyclic) bond motifs is 1. The molecule has 0 bridgehead atoms. The van der Waals surface area contributed by atoms with Gasteiger partial charge in [-0.2, -0.15) is 5.26 Å². The Bertz CT molecular complexity index is 1030. The fourth-order valence-electron chi connectivity index (χ4n) is 2.08. The van der Waals surface area contributed by atoms with E-state index >= 15 is 0 Å². The Balaban J connectivity index is 1.79. The van der Waals surface area contributed by atoms with Crippen LogP contribution in [0.2, 0.25) is 5.02 Å². The molecule has 9 heteroatoms. The van der Waals surface area contributed by atoms with Crippen LogP contribution < -0.4 is 5.73 Å². The van der Waals surface area contributed by atoms with E-state index in [2.05, 4.69) is 10.2 Å². The van der Waals surface area contributed by atoms with Crippen molar-refractivity contribution in [1.82, 2.24) is 10.2 Å². The second-order valence-corrected chi connectivity index (χ2v) is 7.35. The Morgan fingerprint density at radius 3 is 2.88 bits per heavy atom. The number of hydrogen-bond donors (Lipinski definition) is 1. The summed E-state index contributed by atoms with van der Waals surface area (Å²) in [5, 5.41) is 18.6. The number of allylic oxidation sites excluding steroid dienone is 2. The number of thioether (sulfide) groups is 1. The third-order valence-corrected chi connectivity index (χ3v) is 5.73. The summed E-state index contributed by atoms with van der Waals surface area (Å²) >= 11 is 8.89. The fraction of sp³-hybridized carbons (Fsp3) is 0.125. The van der Waals surface area contributed by atoms with Crippen LogP contribution in [-0.2, 0) is 4.79 Å². The van der Waals surface area contributed by atoms with E-state index in [4.69, 9.17) is 27.0 Å². The maximum Gasteiger partial charge on any atom is 0.277 e. The van der Waals surface area contributed by atoms with Crippen LogP contribution in [-0.4, -0.2) is 21.7 Å². The molecule has 0 radical (unpaired) electrons. The van der Waals surface area contributed by atoms with Gasteiger partial charge in [0.1, 0.15) is 16.5 Å². The van der Waals surface area contributed by atoms with Crippen LogP contribution in [0, 0.1) is 11.3 Å². The molecule has 0 amide bonds. The summed E-state index contributed by atoms with van der Waals surface area (Å²) < 4.78 is 6.61. The van der Waals surface area contributed by atoms with Gasteiger partial charge in [0, 0.05) is 15.8 Å². The number of nitrogens with zero attached hydrogens (tertiary/aromatic N) is 3. The smallest absolute Gasteiger partial charge is 0.277 e. The molecule has 0 fully saturated rings. The van der Waals surface area contributed by atoms with E-state index in [0.717, 1.165) is 21.8 Å². The number of Topliss-reactive ketones (excluding diaryl/α,β-unsaturated/α-hetero) is 1. The zero-order valence-electron chi connectivity index (χ0n) is 12.9. The molecule has 0 aliphatic carbocycles. The van der Waals surface area contributed by atoms with Crippen molar-refractivity contribution in [3.8, 4) is 16.8 Å². The number of halogens is 1. The molecule has 3 aromatic rings. The summed E-state index contributed by atoms with van der Waals surface area (Å²) in [6.07, 6.45) is 0. The maximum atomic E-state index is 11.9. The van der Waals surface area contributed by atoms with Gasteiger partial charge in [-0.05, 0) is 13.0 Å². The SMILES string of the molecule is C/C(N)=C(\C#N)C(=O)CSc1nnc(-c2sc3ccccc3c2Cl)o1. The predicted octanol–water partition coefficient (Wildman–Crippen LogP) is 4.02. The summed E-state index contributed by atoms with van der Waals surface area (Å²) in [4.78, 5) is 12.6. The lowest BCUT2D eigenvalue weighted by molar-refractivity contribution is -0.112. The van der Waals surface area contributed by atoms with Gasteiger partial charge in [0.2, 0.25) is 0 Å². The van der Waals surface area contributed by atoms with Crippen molar-refractivity contribution in [2.24, 2.45) is 5.73 Å². The van der Waals surface area contributed by atoms with Crippen molar-refractivity contribution in [2.45, 2.75) is 12.1 Å². The Hall–Kier alpha value is -2.34. The normalized spacial score (nSPS) is 12.0. The molecule has 0 spiro atoms. The maximum absolute atomic E-state index is 11.9. The number of carbonyl (C=O) groups is 1. The number of thiophene rings is 1. The average Bonchev–Trinajstić information content (AvgIpc) is 3.18. The minimum absolute atomic E-state index is 0.0147. The summed E-state index contributed by atoms with van der Waals surface area (Å²) in [5.74, 6) is -0.0986. The molecule has 126 valence electrons. The monoisotopic (exact) mass is 390 g/mol. The van der Waals surface area contributed by atoms with Crippen molar-refractivity contribution in [3.05, 3.63) is 40.6 Å². The molecule has 0 unspecified atom stereocenters. The topological polar surface area (TPSA) is 106 Å². The van der Waals surface area contributed by atoms with E-state index in [1.54, 1.807) is 6.07 Å². The van der Waals surface area contributed by atoms with E-state index in [1.807, 2.05) is 24.3 Å². The molecule has 25 heavy (non-hydrogen) atoms. The first-order valence-electron chi connectivity index (χ1n) is 7.04. The lowest BCUT2D eigenvalue weighted by Crippen LogP contribution is -2.10. The van der Waals surface area contributed by atoms with Gasteiger partial charge in [-0.1, -0.05) is 41.6 Å². The summed E-state index contributed by atoms with van der Waals surface area (Å²) in [6.45, 7) is 1.51. The van der Waals surface area contributed by atoms with Gasteiger partial charge in [-0.15, -0.1) is 21.5 Å². The summed E-state index contributed by atoms with van der Waals surface area (Å²) in [7, 11) is 0. The first-order valence-corrected chi connectivity index (χ1v) is 9.22. The third kappa shape index (κ3) is 3.54. The largest absolute Gasteiger partial charge is 0.410 e. The second-order valence-electron chi connectivity index (χ2n) is 5.00. The molecule has 0 saturated heterocycles. The second kappa shape index (κ2) is 7.27. The summed E-state index contributed by atoms with van der Waals surface area (Å²) in [6, 6.07) is 9.53. The number of hydrogen-bond acceptors (Lipinski definition) is 8. The average molecular weight is 391 g/mol. The van der Waals surface area contributed by atoms with Gasteiger partial charge < -0.3 is 10.2 Å². The first-order chi connectivity index (χ1) is 12.0. The predicted molar refractivity (Wildman–Crippen MR) is 98.4 cm³/mol. The quantitative estimate of drug-likeness (QED) is 0.398. The highest BCUT2D eigenvalue weighted by Gasteiger charge is 2.19. The Morgan fingerprint density at radius 1 is 1.44 bits per heavy atom. The number of carbonyl (C=O) groups excluding carboxylic acids is 1. The van der Waals surface area contributed by atoms with Crippen LogP contribution in [0.5, 0.6) is 0 Å². The molecule has 3 rings (SSSR count). The van der Waals surface area contributed by atoms with Crippen LogP contribution in [0.25, 0.3) is 20.9 Å². The van der Waals surface area contributed by atoms with Crippen LogP contribution >= 0.6 is 34.7 Å². The fourth-order valence-corrected chi connectivity index (χ4v) is 4.15. The molecule has 0 atom stereocenters. The van der Waals surface area contributed by atoms with Crippen LogP contribution in [0.3, 0.4) is 0 Å². The highest BCUT2D eigenvalue weighted by molar-refractivity contribution is 7.99. The summed E-state index contributed by atoms with van der Waals surface area (Å²) in [5.41, 5.74) is 5.65. The molecule has 2 aromatic heterocycles. The molecule has 0 aliphatic heterocycles. The van der Waals surface area contributed by atoms with Gasteiger partial charge in [0.15, 0.2) is 5.78 Å². The zero-order valence-corrected chi connectivity index (χ0v) is 15.3. The lowest BCUT2D eigenvalue weighted by atomic mass is 10.2. The Morgan fingerprint density at radius 2 is 2.20 bits per heavy atom. The number of ketones is 1. The van der Waals surface area contributed by atoms with Crippen molar-refractivity contribution in [2.75, 3.05) is 5.75 Å². The number of nitrogens with two attached hydrogens (primary N) is 1. The molecular formula is C16H11ClN4O2S2. The Labute approximate surface area is 156 Å². The van der Waals surface area contributed by atoms with Crippen LogP contribution in [0.15, 0.2) is 45.2 Å². The van der Waals surface area contributed by atoms with Crippen LogP contribution in [0.4, 0.5) is 0 Å². The van der Waals surface area contributed by atoms with Gasteiger partial charge in [-0.3, -0.25) is 4.79 Å². The molecule has 2 heterocycles. The molecule has 0 saturated carbocycles. The Kier molecular flexibility index (Phi) is 5.08. The number of benzene rings is 1. The molecule has 2 N–H and O–H groups in total.